The molecule has 4 nitrogen and oxygen atoms in total. The molecule has 0 aliphatic rings. The van der Waals surface area contributed by atoms with Crippen molar-refractivity contribution in [1.82, 2.24) is 15.1 Å². The second-order valence-corrected chi connectivity index (χ2v) is 4.55. The van der Waals surface area contributed by atoms with Crippen LogP contribution in [0.5, 0.6) is 0 Å². The molecule has 4 heteroatoms. The van der Waals surface area contributed by atoms with Crippen LogP contribution in [0.3, 0.4) is 0 Å². The van der Waals surface area contributed by atoms with Crippen LogP contribution < -0.4 is 5.32 Å². The molecule has 0 amide bonds. The van der Waals surface area contributed by atoms with Crippen LogP contribution in [0, 0.1) is 0 Å². The Kier molecular flexibility index (Phi) is 6.22. The van der Waals surface area contributed by atoms with E-state index >= 15 is 0 Å². The van der Waals surface area contributed by atoms with Gasteiger partial charge >= 0.3 is 0 Å². The van der Waals surface area contributed by atoms with Crippen molar-refractivity contribution < 1.29 is 4.74 Å². The summed E-state index contributed by atoms with van der Waals surface area (Å²) in [5, 5.41) is 7.74. The lowest BCUT2D eigenvalue weighted by atomic mass is 10.1. The molecule has 0 radical (unpaired) electrons. The Morgan fingerprint density at radius 3 is 2.71 bits per heavy atom. The molecule has 1 unspecified atom stereocenters. The zero-order chi connectivity index (χ0) is 12.7. The summed E-state index contributed by atoms with van der Waals surface area (Å²) in [4.78, 5) is 0. The molecule has 17 heavy (non-hydrogen) atoms. The number of aryl methyl sites for hydroxylation is 1. The van der Waals surface area contributed by atoms with Crippen LogP contribution in [-0.2, 0) is 17.7 Å². The maximum atomic E-state index is 5.67. The lowest BCUT2D eigenvalue weighted by Crippen LogP contribution is -2.36. The number of ether oxygens (including phenoxy) is 1. The van der Waals surface area contributed by atoms with Crippen molar-refractivity contribution in [3.63, 3.8) is 0 Å². The van der Waals surface area contributed by atoms with Crippen LogP contribution in [0.4, 0.5) is 0 Å². The average molecular weight is 239 g/mol. The monoisotopic (exact) mass is 239 g/mol. The quantitative estimate of drug-likeness (QED) is 0.752. The third kappa shape index (κ3) is 5.33. The minimum atomic E-state index is 0.287. The minimum Gasteiger partial charge on any atom is -0.377 e. The summed E-state index contributed by atoms with van der Waals surface area (Å²) in [7, 11) is 0. The molecule has 1 aromatic heterocycles. The number of hydrogen-bond acceptors (Lipinski definition) is 3. The lowest BCUT2D eigenvalue weighted by Gasteiger charge is -2.18. The highest BCUT2D eigenvalue weighted by Crippen LogP contribution is 2.04. The summed E-state index contributed by atoms with van der Waals surface area (Å²) in [5.74, 6) is 0. The zero-order valence-corrected chi connectivity index (χ0v) is 11.4. The summed E-state index contributed by atoms with van der Waals surface area (Å²) in [6.45, 7) is 11.0. The Morgan fingerprint density at radius 2 is 2.18 bits per heavy atom. The highest BCUT2D eigenvalue weighted by molar-refractivity contribution is 5.06. The fraction of sp³-hybridized carbons (Fsp3) is 0.769. The normalized spacial score (nSPS) is 13.2. The molecular formula is C13H25N3O. The smallest absolute Gasteiger partial charge is 0.0626 e. The van der Waals surface area contributed by atoms with Gasteiger partial charge in [-0.05, 0) is 39.3 Å². The maximum Gasteiger partial charge on any atom is 0.0626 e. The van der Waals surface area contributed by atoms with Crippen LogP contribution in [0.1, 0.15) is 33.3 Å². The van der Waals surface area contributed by atoms with Gasteiger partial charge in [0.1, 0.15) is 0 Å². The number of rotatable bonds is 8. The first-order chi connectivity index (χ1) is 8.15. The number of nitrogens with zero attached hydrogens (tertiary/aromatic N) is 2. The predicted molar refractivity (Wildman–Crippen MR) is 70.2 cm³/mol. The van der Waals surface area contributed by atoms with E-state index in [1.54, 1.807) is 0 Å². The van der Waals surface area contributed by atoms with E-state index in [1.807, 2.05) is 10.9 Å². The summed E-state index contributed by atoms with van der Waals surface area (Å²) >= 11 is 0. The number of aromatic nitrogens is 2. The van der Waals surface area contributed by atoms with E-state index in [2.05, 4.69) is 44.3 Å². The van der Waals surface area contributed by atoms with Gasteiger partial charge in [0.2, 0.25) is 0 Å². The van der Waals surface area contributed by atoms with E-state index in [9.17, 15) is 0 Å². The summed E-state index contributed by atoms with van der Waals surface area (Å²) in [6.07, 6.45) is 5.32. The third-order valence-corrected chi connectivity index (χ3v) is 2.62. The first-order valence-electron chi connectivity index (χ1n) is 6.52. The average Bonchev–Trinajstić information content (AvgIpc) is 2.74. The molecule has 0 fully saturated rings. The number of nitrogens with one attached hydrogen (secondary N) is 1. The SMILES string of the molecule is CCNC(COC(C)C)Cc1cnn(CC)c1. The van der Waals surface area contributed by atoms with Gasteiger partial charge in [-0.25, -0.2) is 0 Å². The van der Waals surface area contributed by atoms with E-state index in [0.29, 0.717) is 6.04 Å². The Hall–Kier alpha value is -0.870. The van der Waals surface area contributed by atoms with Gasteiger partial charge in [-0.1, -0.05) is 6.92 Å². The molecule has 1 N–H and O–H groups in total. The maximum absolute atomic E-state index is 5.67. The summed E-state index contributed by atoms with van der Waals surface area (Å²) in [5.41, 5.74) is 1.27. The Balaban J connectivity index is 2.47. The largest absolute Gasteiger partial charge is 0.377 e. The molecular weight excluding hydrogens is 214 g/mol. The van der Waals surface area contributed by atoms with E-state index < -0.39 is 0 Å². The molecule has 0 aromatic carbocycles. The molecule has 1 atom stereocenters. The fourth-order valence-corrected chi connectivity index (χ4v) is 1.76. The van der Waals surface area contributed by atoms with E-state index in [-0.39, 0.29) is 6.10 Å². The molecule has 0 saturated heterocycles. The van der Waals surface area contributed by atoms with Crippen molar-refractivity contribution in [1.29, 1.82) is 0 Å². The fourth-order valence-electron chi connectivity index (χ4n) is 1.76. The van der Waals surface area contributed by atoms with Crippen molar-refractivity contribution in [2.45, 2.75) is 52.8 Å². The van der Waals surface area contributed by atoms with Crippen molar-refractivity contribution in [2.24, 2.45) is 0 Å². The molecule has 1 rings (SSSR count). The Morgan fingerprint density at radius 1 is 1.41 bits per heavy atom. The van der Waals surface area contributed by atoms with Gasteiger partial charge in [-0.15, -0.1) is 0 Å². The van der Waals surface area contributed by atoms with Crippen molar-refractivity contribution in [3.8, 4) is 0 Å². The van der Waals surface area contributed by atoms with Gasteiger partial charge in [0.25, 0.3) is 0 Å². The standard InChI is InChI=1S/C13H25N3O/c1-5-14-13(10-17-11(3)4)7-12-8-15-16(6-2)9-12/h8-9,11,13-14H,5-7,10H2,1-4H3. The topological polar surface area (TPSA) is 39.1 Å². The highest BCUT2D eigenvalue weighted by Gasteiger charge is 2.10. The second kappa shape index (κ2) is 7.45. The van der Waals surface area contributed by atoms with Gasteiger partial charge in [-0.2, -0.15) is 5.10 Å². The van der Waals surface area contributed by atoms with Crippen molar-refractivity contribution in [2.75, 3.05) is 13.2 Å². The van der Waals surface area contributed by atoms with Gasteiger partial charge in [-0.3, -0.25) is 4.68 Å². The molecule has 1 aromatic rings. The van der Waals surface area contributed by atoms with Crippen LogP contribution in [0.25, 0.3) is 0 Å². The molecule has 98 valence electrons. The van der Waals surface area contributed by atoms with Gasteiger partial charge in [0, 0.05) is 18.8 Å². The minimum absolute atomic E-state index is 0.287. The van der Waals surface area contributed by atoms with Crippen LogP contribution >= 0.6 is 0 Å². The highest BCUT2D eigenvalue weighted by atomic mass is 16.5. The Bertz CT molecular complexity index is 309. The molecule has 0 aliphatic carbocycles. The molecule has 0 aliphatic heterocycles. The van der Waals surface area contributed by atoms with Crippen molar-refractivity contribution >= 4 is 0 Å². The number of hydrogen-bond donors (Lipinski definition) is 1. The van der Waals surface area contributed by atoms with E-state index in [0.717, 1.165) is 26.1 Å². The first-order valence-corrected chi connectivity index (χ1v) is 6.52. The van der Waals surface area contributed by atoms with Crippen LogP contribution in [0.2, 0.25) is 0 Å². The lowest BCUT2D eigenvalue weighted by molar-refractivity contribution is 0.0616. The van der Waals surface area contributed by atoms with Crippen molar-refractivity contribution in [3.05, 3.63) is 18.0 Å². The van der Waals surface area contributed by atoms with Crippen LogP contribution in [-0.4, -0.2) is 35.1 Å². The second-order valence-electron chi connectivity index (χ2n) is 4.55. The van der Waals surface area contributed by atoms with Gasteiger partial charge < -0.3 is 10.1 Å². The van der Waals surface area contributed by atoms with E-state index in [1.165, 1.54) is 5.56 Å². The summed E-state index contributed by atoms with van der Waals surface area (Å²) in [6, 6.07) is 0.372. The predicted octanol–water partition coefficient (Wildman–Crippen LogP) is 1.85. The third-order valence-electron chi connectivity index (χ3n) is 2.62. The van der Waals surface area contributed by atoms with Gasteiger partial charge in [0.15, 0.2) is 0 Å². The Labute approximate surface area is 104 Å². The molecule has 1 heterocycles. The molecule has 0 saturated carbocycles. The van der Waals surface area contributed by atoms with E-state index in [4.69, 9.17) is 4.74 Å². The first kappa shape index (κ1) is 14.2. The molecule has 0 bridgehead atoms. The zero-order valence-electron chi connectivity index (χ0n) is 11.4. The van der Waals surface area contributed by atoms with Gasteiger partial charge in [0.05, 0.1) is 18.9 Å². The molecule has 0 spiro atoms. The number of likely N-dealkylation sites (N-methyl/N-ethyl adjacent to an activating group) is 1. The van der Waals surface area contributed by atoms with Crippen LogP contribution in [0.15, 0.2) is 12.4 Å². The summed E-state index contributed by atoms with van der Waals surface area (Å²) < 4.78 is 7.63.